The molecule has 3 aromatic carbocycles. The van der Waals surface area contributed by atoms with Crippen LogP contribution in [0.4, 0.5) is 4.79 Å². The molecule has 3 aromatic rings. The van der Waals surface area contributed by atoms with E-state index in [0.29, 0.717) is 64.2 Å². The molecule has 0 spiro atoms. The number of halogens is 1. The molecule has 2 atom stereocenters. The van der Waals surface area contributed by atoms with E-state index in [4.69, 9.17) is 35.3 Å². The van der Waals surface area contributed by atoms with Gasteiger partial charge >= 0.3 is 12.0 Å². The molecule has 0 radical (unpaired) electrons. The lowest BCUT2D eigenvalue weighted by atomic mass is 9.95. The van der Waals surface area contributed by atoms with Gasteiger partial charge in [0, 0.05) is 11.3 Å². The van der Waals surface area contributed by atoms with E-state index >= 15 is 0 Å². The molecule has 0 aliphatic carbocycles. The van der Waals surface area contributed by atoms with Crippen molar-refractivity contribution in [2.24, 2.45) is 5.10 Å². The van der Waals surface area contributed by atoms with E-state index in [1.165, 1.54) is 13.3 Å². The van der Waals surface area contributed by atoms with E-state index in [1.807, 2.05) is 13.0 Å². The standard InChI is InChI=1S/C34H36ClN5O8/c1-5-45-27-15-22(31-30(33(42)44-4)20(3)38-34(43)39-31)11-12-26(27)47-19-29(41)40-37-17-21-13-25(35)32(28(14-21)46-6-2)48-18-24-10-8-7-9-23(24)16-36/h7-15,17,29,31,40-41H,5-6,18-19H2,1-4H3,(H2,38,39,43)/b37-17-/t29-,31-/m1/s1. The Morgan fingerprint density at radius 1 is 1.08 bits per heavy atom. The van der Waals surface area contributed by atoms with Gasteiger partial charge in [-0.2, -0.15) is 10.4 Å². The Morgan fingerprint density at radius 2 is 1.83 bits per heavy atom. The number of carbonyl (C=O) groups excluding carboxylic acids is 2. The molecule has 1 aliphatic rings. The van der Waals surface area contributed by atoms with Crippen molar-refractivity contribution in [3.63, 3.8) is 0 Å². The lowest BCUT2D eigenvalue weighted by molar-refractivity contribution is -0.136. The third-order valence-electron chi connectivity index (χ3n) is 6.95. The zero-order valence-electron chi connectivity index (χ0n) is 26.8. The van der Waals surface area contributed by atoms with Crippen molar-refractivity contribution < 1.29 is 38.4 Å². The van der Waals surface area contributed by atoms with Crippen molar-refractivity contribution in [1.82, 2.24) is 16.1 Å². The predicted octanol–water partition coefficient (Wildman–Crippen LogP) is 4.71. The number of methoxy groups -OCH3 is 1. The Kier molecular flexibility index (Phi) is 12.5. The van der Waals surface area contributed by atoms with Crippen molar-refractivity contribution in [3.05, 3.63) is 93.1 Å². The summed E-state index contributed by atoms with van der Waals surface area (Å²) < 4.78 is 28.2. The molecule has 1 aliphatic heterocycles. The molecular formula is C34H36ClN5O8. The van der Waals surface area contributed by atoms with Crippen LogP contribution in [0.15, 0.2) is 71.0 Å². The monoisotopic (exact) mass is 677 g/mol. The average Bonchev–Trinajstić information content (AvgIpc) is 3.07. The zero-order valence-corrected chi connectivity index (χ0v) is 27.6. The summed E-state index contributed by atoms with van der Waals surface area (Å²) in [6.45, 7) is 5.84. The van der Waals surface area contributed by atoms with Crippen LogP contribution in [0.25, 0.3) is 0 Å². The average molecular weight is 678 g/mol. The maximum atomic E-state index is 12.5. The summed E-state index contributed by atoms with van der Waals surface area (Å²) in [6, 6.07) is 16.3. The molecule has 0 saturated heterocycles. The highest BCUT2D eigenvalue weighted by atomic mass is 35.5. The lowest BCUT2D eigenvalue weighted by Gasteiger charge is -2.28. The van der Waals surface area contributed by atoms with Crippen molar-refractivity contribution in [3.8, 4) is 29.1 Å². The number of hydrogen-bond donors (Lipinski definition) is 4. The molecule has 14 heteroatoms. The topological polar surface area (TPSA) is 173 Å². The van der Waals surface area contributed by atoms with Crippen LogP contribution in [0.3, 0.4) is 0 Å². The minimum Gasteiger partial charge on any atom is -0.490 e. The Balaban J connectivity index is 1.41. The molecule has 0 aromatic heterocycles. The molecule has 2 amide bonds. The van der Waals surface area contributed by atoms with Crippen LogP contribution in [0.5, 0.6) is 23.0 Å². The van der Waals surface area contributed by atoms with Crippen LogP contribution in [-0.4, -0.2) is 56.5 Å². The molecule has 0 fully saturated rings. The van der Waals surface area contributed by atoms with Crippen LogP contribution in [0, 0.1) is 11.3 Å². The molecule has 252 valence electrons. The number of ether oxygens (including phenoxy) is 5. The number of hydrogen-bond acceptors (Lipinski definition) is 11. The Labute approximate surface area is 283 Å². The molecule has 0 saturated carbocycles. The fraction of sp³-hybridized carbons (Fsp3) is 0.294. The molecule has 13 nitrogen and oxygen atoms in total. The van der Waals surface area contributed by atoms with Gasteiger partial charge in [0.1, 0.15) is 13.2 Å². The second-order valence-corrected chi connectivity index (χ2v) is 10.6. The maximum Gasteiger partial charge on any atom is 0.337 e. The number of rotatable bonds is 15. The largest absolute Gasteiger partial charge is 0.490 e. The Bertz CT molecular complexity index is 1740. The Morgan fingerprint density at radius 3 is 2.56 bits per heavy atom. The minimum atomic E-state index is -1.21. The molecule has 0 unspecified atom stereocenters. The first-order valence-corrected chi connectivity index (χ1v) is 15.4. The number of nitrogens with one attached hydrogen (secondary N) is 3. The number of hydrazone groups is 1. The second kappa shape index (κ2) is 16.9. The van der Waals surface area contributed by atoms with Crippen molar-refractivity contribution in [2.45, 2.75) is 39.6 Å². The molecule has 48 heavy (non-hydrogen) atoms. The van der Waals surface area contributed by atoms with E-state index in [9.17, 15) is 20.0 Å². The van der Waals surface area contributed by atoms with Crippen LogP contribution >= 0.6 is 11.6 Å². The summed E-state index contributed by atoms with van der Waals surface area (Å²) >= 11 is 6.53. The molecule has 4 N–H and O–H groups in total. The highest BCUT2D eigenvalue weighted by Gasteiger charge is 2.32. The zero-order chi connectivity index (χ0) is 34.6. The van der Waals surface area contributed by atoms with Gasteiger partial charge in [0.15, 0.2) is 29.2 Å². The fourth-order valence-electron chi connectivity index (χ4n) is 4.79. The summed E-state index contributed by atoms with van der Waals surface area (Å²) in [6.07, 6.45) is 0.245. The van der Waals surface area contributed by atoms with Gasteiger partial charge in [-0.25, -0.2) is 9.59 Å². The summed E-state index contributed by atoms with van der Waals surface area (Å²) in [5.74, 6) is 0.807. The van der Waals surface area contributed by atoms with E-state index in [1.54, 1.807) is 62.4 Å². The van der Waals surface area contributed by atoms with Gasteiger partial charge in [-0.05, 0) is 62.2 Å². The predicted molar refractivity (Wildman–Crippen MR) is 177 cm³/mol. The van der Waals surface area contributed by atoms with E-state index in [-0.39, 0.29) is 23.8 Å². The third-order valence-corrected chi connectivity index (χ3v) is 7.23. The number of urea groups is 1. The van der Waals surface area contributed by atoms with Crippen LogP contribution in [0.1, 0.15) is 49.1 Å². The van der Waals surface area contributed by atoms with E-state index < -0.39 is 24.3 Å². The van der Waals surface area contributed by atoms with Gasteiger partial charge in [0.25, 0.3) is 0 Å². The number of amides is 2. The van der Waals surface area contributed by atoms with Crippen LogP contribution < -0.4 is 35.0 Å². The van der Waals surface area contributed by atoms with Gasteiger partial charge in [-0.3, -0.25) is 5.43 Å². The second-order valence-electron chi connectivity index (χ2n) is 10.2. The van der Waals surface area contributed by atoms with Crippen LogP contribution in [-0.2, 0) is 16.1 Å². The SMILES string of the molecule is CCOc1cc([C@H]2NC(=O)NC(C)=C2C(=O)OC)ccc1OC[C@@H](O)N/N=C\c1cc(Cl)c(OCc2ccccc2C#N)c(OCC)c1. The van der Waals surface area contributed by atoms with E-state index in [0.717, 1.165) is 0 Å². The first-order chi connectivity index (χ1) is 23.2. The molecule has 0 bridgehead atoms. The summed E-state index contributed by atoms with van der Waals surface area (Å²) in [7, 11) is 1.27. The number of nitriles is 1. The van der Waals surface area contributed by atoms with E-state index in [2.05, 4.69) is 27.2 Å². The highest BCUT2D eigenvalue weighted by molar-refractivity contribution is 6.32. The Hall–Kier alpha value is -5.45. The number of benzene rings is 3. The molecular weight excluding hydrogens is 642 g/mol. The number of nitrogens with zero attached hydrogens (tertiary/aromatic N) is 2. The fourth-order valence-corrected chi connectivity index (χ4v) is 5.06. The minimum absolute atomic E-state index is 0.123. The smallest absolute Gasteiger partial charge is 0.337 e. The van der Waals surface area contributed by atoms with Crippen LogP contribution in [0.2, 0.25) is 5.02 Å². The summed E-state index contributed by atoms with van der Waals surface area (Å²) in [5, 5.41) is 29.6. The number of allylic oxidation sites excluding steroid dienone is 1. The summed E-state index contributed by atoms with van der Waals surface area (Å²) in [4.78, 5) is 24.7. The van der Waals surface area contributed by atoms with Crippen molar-refractivity contribution in [1.29, 1.82) is 5.26 Å². The van der Waals surface area contributed by atoms with Gasteiger partial charge in [0.05, 0.1) is 54.8 Å². The summed E-state index contributed by atoms with van der Waals surface area (Å²) in [5.41, 5.74) is 5.58. The molecule has 4 rings (SSSR count). The number of esters is 1. The highest BCUT2D eigenvalue weighted by Crippen LogP contribution is 2.37. The quantitative estimate of drug-likeness (QED) is 0.0764. The van der Waals surface area contributed by atoms with Crippen molar-refractivity contribution >= 4 is 29.8 Å². The van der Waals surface area contributed by atoms with Gasteiger partial charge in [0.2, 0.25) is 0 Å². The normalized spacial score (nSPS) is 14.8. The molecule has 1 heterocycles. The van der Waals surface area contributed by atoms with Gasteiger partial charge < -0.3 is 39.4 Å². The number of aliphatic hydroxyl groups excluding tert-OH is 1. The maximum absolute atomic E-state index is 12.5. The van der Waals surface area contributed by atoms with Crippen molar-refractivity contribution in [2.75, 3.05) is 26.9 Å². The number of carbonyl (C=O) groups is 2. The van der Waals surface area contributed by atoms with Gasteiger partial charge in [-0.1, -0.05) is 35.9 Å². The first kappa shape index (κ1) is 35.4. The first-order valence-electron chi connectivity index (χ1n) is 15.0. The third kappa shape index (κ3) is 8.87. The number of aliphatic hydroxyl groups is 1. The van der Waals surface area contributed by atoms with Gasteiger partial charge in [-0.15, -0.1) is 0 Å². The lowest BCUT2D eigenvalue weighted by Crippen LogP contribution is -2.45.